The van der Waals surface area contributed by atoms with Gasteiger partial charge < -0.3 is 4.74 Å². The molecular formula is C15H17NO3S2. The molecule has 6 heteroatoms. The molecule has 112 valence electrons. The van der Waals surface area contributed by atoms with E-state index in [1.54, 1.807) is 24.5 Å². The quantitative estimate of drug-likeness (QED) is 0.852. The van der Waals surface area contributed by atoms with Gasteiger partial charge in [0.15, 0.2) is 0 Å². The monoisotopic (exact) mass is 323 g/mol. The van der Waals surface area contributed by atoms with Gasteiger partial charge in [0.25, 0.3) is 0 Å². The normalized spacial score (nSPS) is 13.6. The third-order valence-corrected chi connectivity index (χ3v) is 4.67. The lowest BCUT2D eigenvalue weighted by Gasteiger charge is -2.14. The van der Waals surface area contributed by atoms with Crippen molar-refractivity contribution < 1.29 is 13.2 Å². The molecule has 0 saturated carbocycles. The van der Waals surface area contributed by atoms with Gasteiger partial charge in [-0.2, -0.15) is 11.3 Å². The predicted molar refractivity (Wildman–Crippen MR) is 86.5 cm³/mol. The molecule has 1 unspecified atom stereocenters. The van der Waals surface area contributed by atoms with E-state index in [9.17, 15) is 8.42 Å². The SMILES string of the molecule is COC(CNS(=O)(=O)/C=C/c1ccccc1)c1ccsc1. The molecule has 1 aromatic heterocycles. The minimum absolute atomic E-state index is 0.203. The van der Waals surface area contributed by atoms with Gasteiger partial charge in [0, 0.05) is 19.1 Å². The van der Waals surface area contributed by atoms with Crippen LogP contribution >= 0.6 is 11.3 Å². The highest BCUT2D eigenvalue weighted by molar-refractivity contribution is 7.92. The molecule has 1 aromatic carbocycles. The standard InChI is InChI=1S/C15H17NO3S2/c1-19-15(14-7-9-20-12-14)11-16-21(17,18)10-8-13-5-3-2-4-6-13/h2-10,12,15-16H,11H2,1H3/b10-8+. The molecule has 0 fully saturated rings. The van der Waals surface area contributed by atoms with Crippen molar-refractivity contribution in [2.75, 3.05) is 13.7 Å². The van der Waals surface area contributed by atoms with Gasteiger partial charge in [-0.1, -0.05) is 30.3 Å². The number of sulfonamides is 1. The first-order chi connectivity index (χ1) is 10.1. The first-order valence-electron chi connectivity index (χ1n) is 6.38. The highest BCUT2D eigenvalue weighted by Gasteiger charge is 2.14. The summed E-state index contributed by atoms with van der Waals surface area (Å²) in [5, 5.41) is 5.05. The van der Waals surface area contributed by atoms with Crippen molar-refractivity contribution in [2.45, 2.75) is 6.10 Å². The number of hydrogen-bond donors (Lipinski definition) is 1. The van der Waals surface area contributed by atoms with E-state index < -0.39 is 10.0 Å². The number of nitrogens with one attached hydrogen (secondary N) is 1. The van der Waals surface area contributed by atoms with Crippen molar-refractivity contribution >= 4 is 27.4 Å². The van der Waals surface area contributed by atoms with Gasteiger partial charge in [-0.3, -0.25) is 0 Å². The largest absolute Gasteiger partial charge is 0.375 e. The van der Waals surface area contributed by atoms with Gasteiger partial charge in [-0.15, -0.1) is 0 Å². The topological polar surface area (TPSA) is 55.4 Å². The minimum Gasteiger partial charge on any atom is -0.375 e. The van der Waals surface area contributed by atoms with Crippen LogP contribution in [0.4, 0.5) is 0 Å². The van der Waals surface area contributed by atoms with Crippen LogP contribution in [0.2, 0.25) is 0 Å². The van der Waals surface area contributed by atoms with E-state index in [1.165, 1.54) is 5.41 Å². The van der Waals surface area contributed by atoms with Crippen LogP contribution in [-0.2, 0) is 14.8 Å². The number of rotatable bonds is 7. The molecule has 1 atom stereocenters. The number of benzene rings is 1. The molecule has 2 rings (SSSR count). The summed E-state index contributed by atoms with van der Waals surface area (Å²) in [6, 6.07) is 11.2. The zero-order valence-electron chi connectivity index (χ0n) is 11.6. The summed E-state index contributed by atoms with van der Waals surface area (Å²) in [4.78, 5) is 0. The van der Waals surface area contributed by atoms with E-state index in [4.69, 9.17) is 4.74 Å². The summed E-state index contributed by atoms with van der Waals surface area (Å²) < 4.78 is 31.7. The summed E-state index contributed by atoms with van der Waals surface area (Å²) in [7, 11) is -1.92. The molecule has 0 aliphatic carbocycles. The zero-order valence-corrected chi connectivity index (χ0v) is 13.2. The van der Waals surface area contributed by atoms with E-state index in [1.807, 2.05) is 47.2 Å². The molecule has 2 aromatic rings. The molecule has 0 amide bonds. The summed E-state index contributed by atoms with van der Waals surface area (Å²) in [5.41, 5.74) is 1.81. The van der Waals surface area contributed by atoms with Gasteiger partial charge in [0.2, 0.25) is 10.0 Å². The van der Waals surface area contributed by atoms with E-state index in [0.29, 0.717) is 0 Å². The fraction of sp³-hybridized carbons (Fsp3) is 0.200. The maximum Gasteiger partial charge on any atom is 0.233 e. The van der Waals surface area contributed by atoms with Crippen molar-refractivity contribution in [3.63, 3.8) is 0 Å². The van der Waals surface area contributed by atoms with Crippen LogP contribution in [0.5, 0.6) is 0 Å². The molecule has 0 aliphatic heterocycles. The van der Waals surface area contributed by atoms with E-state index >= 15 is 0 Å². The number of hydrogen-bond acceptors (Lipinski definition) is 4. The maximum absolute atomic E-state index is 11.9. The first-order valence-corrected chi connectivity index (χ1v) is 8.87. The Bertz CT molecular complexity index is 664. The Hall–Kier alpha value is -1.47. The molecule has 1 heterocycles. The average molecular weight is 323 g/mol. The van der Waals surface area contributed by atoms with E-state index in [2.05, 4.69) is 4.72 Å². The van der Waals surface area contributed by atoms with Crippen molar-refractivity contribution in [1.29, 1.82) is 0 Å². The molecular weight excluding hydrogens is 306 g/mol. The number of ether oxygens (including phenoxy) is 1. The van der Waals surface area contributed by atoms with Crippen LogP contribution in [-0.4, -0.2) is 22.1 Å². The van der Waals surface area contributed by atoms with Crippen LogP contribution in [0.25, 0.3) is 6.08 Å². The third kappa shape index (κ3) is 5.09. The van der Waals surface area contributed by atoms with Crippen LogP contribution in [0.1, 0.15) is 17.2 Å². The first kappa shape index (κ1) is 15.9. The Morgan fingerprint density at radius 2 is 2.05 bits per heavy atom. The Balaban J connectivity index is 1.96. The molecule has 21 heavy (non-hydrogen) atoms. The second-order valence-electron chi connectivity index (χ2n) is 4.39. The molecule has 0 saturated heterocycles. The van der Waals surface area contributed by atoms with Crippen molar-refractivity contribution in [3.05, 3.63) is 63.7 Å². The van der Waals surface area contributed by atoms with Crippen LogP contribution < -0.4 is 4.72 Å². The molecule has 0 bridgehead atoms. The second-order valence-corrected chi connectivity index (χ2v) is 6.82. The molecule has 0 aliphatic rings. The third-order valence-electron chi connectivity index (χ3n) is 2.91. The van der Waals surface area contributed by atoms with Gasteiger partial charge in [-0.05, 0) is 34.0 Å². The fourth-order valence-electron chi connectivity index (χ4n) is 1.77. The van der Waals surface area contributed by atoms with Gasteiger partial charge in [0.05, 0.1) is 6.10 Å². The van der Waals surface area contributed by atoms with Crippen LogP contribution in [0.3, 0.4) is 0 Å². The summed E-state index contributed by atoms with van der Waals surface area (Å²) in [6.07, 6.45) is 1.28. The highest BCUT2D eigenvalue weighted by atomic mass is 32.2. The minimum atomic E-state index is -3.48. The Labute approximate surface area is 129 Å². The predicted octanol–water partition coefficient (Wildman–Crippen LogP) is 3.03. The van der Waals surface area contributed by atoms with Crippen LogP contribution in [0, 0.1) is 0 Å². The number of methoxy groups -OCH3 is 1. The second kappa shape index (κ2) is 7.51. The lowest BCUT2D eigenvalue weighted by molar-refractivity contribution is 0.108. The van der Waals surface area contributed by atoms with Crippen molar-refractivity contribution in [2.24, 2.45) is 0 Å². The Kier molecular flexibility index (Phi) is 5.69. The Morgan fingerprint density at radius 3 is 2.67 bits per heavy atom. The fourth-order valence-corrected chi connectivity index (χ4v) is 3.29. The average Bonchev–Trinajstić information content (AvgIpc) is 3.01. The van der Waals surface area contributed by atoms with Gasteiger partial charge in [0.1, 0.15) is 0 Å². The van der Waals surface area contributed by atoms with Gasteiger partial charge >= 0.3 is 0 Å². The highest BCUT2D eigenvalue weighted by Crippen LogP contribution is 2.18. The molecule has 1 N–H and O–H groups in total. The molecule has 0 radical (unpaired) electrons. The number of thiophene rings is 1. The zero-order chi connectivity index (χ0) is 15.1. The lowest BCUT2D eigenvalue weighted by atomic mass is 10.2. The van der Waals surface area contributed by atoms with Gasteiger partial charge in [-0.25, -0.2) is 13.1 Å². The molecule has 0 spiro atoms. The lowest BCUT2D eigenvalue weighted by Crippen LogP contribution is -2.27. The Morgan fingerprint density at radius 1 is 1.29 bits per heavy atom. The maximum atomic E-state index is 11.9. The van der Waals surface area contributed by atoms with Crippen molar-refractivity contribution in [1.82, 2.24) is 4.72 Å². The smallest absolute Gasteiger partial charge is 0.233 e. The van der Waals surface area contributed by atoms with E-state index in [0.717, 1.165) is 11.1 Å². The summed E-state index contributed by atoms with van der Waals surface area (Å²) in [5.74, 6) is 0. The molecule has 4 nitrogen and oxygen atoms in total. The van der Waals surface area contributed by atoms with Crippen LogP contribution in [0.15, 0.2) is 52.6 Å². The summed E-state index contributed by atoms with van der Waals surface area (Å²) >= 11 is 1.55. The van der Waals surface area contributed by atoms with Crippen molar-refractivity contribution in [3.8, 4) is 0 Å². The van der Waals surface area contributed by atoms with E-state index in [-0.39, 0.29) is 12.6 Å². The summed E-state index contributed by atoms with van der Waals surface area (Å²) in [6.45, 7) is 0.203.